The lowest BCUT2D eigenvalue weighted by molar-refractivity contribution is 0.324. The van der Waals surface area contributed by atoms with Crippen LogP contribution in [0.25, 0.3) is 0 Å². The third-order valence-corrected chi connectivity index (χ3v) is 5.39. The second kappa shape index (κ2) is 9.47. The van der Waals surface area contributed by atoms with Gasteiger partial charge in [-0.3, -0.25) is 0 Å². The van der Waals surface area contributed by atoms with Crippen LogP contribution < -0.4 is 14.2 Å². The van der Waals surface area contributed by atoms with Crippen LogP contribution in [0.2, 0.25) is 10.0 Å². The topological polar surface area (TPSA) is 64.8 Å². The molecule has 1 aliphatic heterocycles. The molecule has 0 saturated heterocycles. The molecule has 0 spiro atoms. The Balaban J connectivity index is 1.84. The first-order chi connectivity index (χ1) is 14.0. The van der Waals surface area contributed by atoms with E-state index in [-0.39, 0.29) is 5.02 Å². The van der Waals surface area contributed by atoms with Crippen LogP contribution in [0.5, 0.6) is 17.2 Å². The zero-order chi connectivity index (χ0) is 21.0. The Morgan fingerprint density at radius 2 is 1.69 bits per heavy atom. The second-order valence-corrected chi connectivity index (χ2v) is 7.44. The molecule has 0 saturated carbocycles. The molecule has 0 N–H and O–H groups in total. The molecule has 2 aromatic rings. The molecular formula is C19H16Cl2FN3O3S. The van der Waals surface area contributed by atoms with Crippen LogP contribution in [-0.4, -0.2) is 44.2 Å². The molecular weight excluding hydrogens is 440 g/mol. The van der Waals surface area contributed by atoms with Crippen molar-refractivity contribution in [3.8, 4) is 17.2 Å². The Hall–Kier alpha value is -2.29. The van der Waals surface area contributed by atoms with E-state index in [0.29, 0.717) is 44.5 Å². The molecule has 0 aliphatic carbocycles. The Kier molecular flexibility index (Phi) is 7.00. The molecule has 0 fully saturated rings. The zero-order valence-electron chi connectivity index (χ0n) is 15.7. The molecule has 1 heterocycles. The van der Waals surface area contributed by atoms with Gasteiger partial charge in [0.15, 0.2) is 11.5 Å². The Morgan fingerprint density at radius 3 is 2.24 bits per heavy atom. The normalized spacial score (nSPS) is 13.9. The minimum Gasteiger partial charge on any atom is -0.493 e. The van der Waals surface area contributed by atoms with Crippen molar-refractivity contribution >= 4 is 52.1 Å². The van der Waals surface area contributed by atoms with E-state index in [1.807, 2.05) is 0 Å². The van der Waals surface area contributed by atoms with Crippen LogP contribution in [0.4, 0.5) is 4.39 Å². The lowest BCUT2D eigenvalue weighted by Crippen LogP contribution is -2.11. The number of methoxy groups -OCH3 is 3. The number of rotatable bonds is 5. The van der Waals surface area contributed by atoms with Crippen molar-refractivity contribution in [3.05, 3.63) is 51.3 Å². The van der Waals surface area contributed by atoms with E-state index in [9.17, 15) is 4.39 Å². The fourth-order valence-electron chi connectivity index (χ4n) is 2.54. The van der Waals surface area contributed by atoms with Gasteiger partial charge in [0, 0.05) is 23.1 Å². The zero-order valence-corrected chi connectivity index (χ0v) is 18.0. The van der Waals surface area contributed by atoms with Crippen LogP contribution in [0, 0.1) is 5.82 Å². The van der Waals surface area contributed by atoms with Gasteiger partial charge in [-0.2, -0.15) is 5.10 Å². The van der Waals surface area contributed by atoms with Crippen molar-refractivity contribution < 1.29 is 18.6 Å². The molecule has 3 rings (SSSR count). The molecule has 0 amide bonds. The first-order valence-electron chi connectivity index (χ1n) is 8.23. The summed E-state index contributed by atoms with van der Waals surface area (Å²) >= 11 is 13.2. The molecule has 6 nitrogen and oxygen atoms in total. The highest BCUT2D eigenvalue weighted by molar-refractivity contribution is 8.14. The third kappa shape index (κ3) is 4.83. The molecule has 1 aliphatic rings. The van der Waals surface area contributed by atoms with Crippen molar-refractivity contribution in [2.75, 3.05) is 27.1 Å². The molecule has 0 atom stereocenters. The average Bonchev–Trinajstić information content (AvgIpc) is 2.74. The maximum atomic E-state index is 13.7. The summed E-state index contributed by atoms with van der Waals surface area (Å²) in [6, 6.07) is 6.14. The largest absolute Gasteiger partial charge is 0.493 e. The number of aliphatic imine (C=N–C) groups is 1. The highest BCUT2D eigenvalue weighted by atomic mass is 35.5. The van der Waals surface area contributed by atoms with Gasteiger partial charge < -0.3 is 14.2 Å². The molecule has 0 unspecified atom stereocenters. The smallest absolute Gasteiger partial charge is 0.209 e. The van der Waals surface area contributed by atoms with Crippen molar-refractivity contribution in [1.29, 1.82) is 0 Å². The molecule has 10 heteroatoms. The first kappa shape index (κ1) is 21.4. The molecule has 0 radical (unpaired) electrons. The Labute approximate surface area is 181 Å². The van der Waals surface area contributed by atoms with Crippen LogP contribution in [0.1, 0.15) is 11.1 Å². The van der Waals surface area contributed by atoms with Crippen molar-refractivity contribution in [2.45, 2.75) is 0 Å². The van der Waals surface area contributed by atoms with E-state index in [2.05, 4.69) is 15.2 Å². The fraction of sp³-hybridized carbons (Fsp3) is 0.211. The predicted molar refractivity (Wildman–Crippen MR) is 117 cm³/mol. The van der Waals surface area contributed by atoms with Gasteiger partial charge in [0.1, 0.15) is 5.82 Å². The molecule has 2 aromatic carbocycles. The van der Waals surface area contributed by atoms with Gasteiger partial charge in [-0.05, 0) is 24.3 Å². The van der Waals surface area contributed by atoms with E-state index >= 15 is 0 Å². The summed E-state index contributed by atoms with van der Waals surface area (Å²) in [7, 11) is 4.62. The predicted octanol–water partition coefficient (Wildman–Crippen LogP) is 5.08. The number of hydrogen-bond acceptors (Lipinski definition) is 7. The fourth-order valence-corrected chi connectivity index (χ4v) is 3.73. The van der Waals surface area contributed by atoms with Gasteiger partial charge in [0.2, 0.25) is 10.9 Å². The van der Waals surface area contributed by atoms with E-state index in [1.165, 1.54) is 31.0 Å². The van der Waals surface area contributed by atoms with E-state index in [1.54, 1.807) is 32.6 Å². The summed E-state index contributed by atoms with van der Waals surface area (Å²) in [5.74, 6) is 1.41. The quantitative estimate of drug-likeness (QED) is 0.465. The Bertz CT molecular complexity index is 1000. The number of halogens is 3. The van der Waals surface area contributed by atoms with Gasteiger partial charge in [0.05, 0.1) is 37.1 Å². The number of hydrogen-bond donors (Lipinski definition) is 0. The number of nitrogens with zero attached hydrogens (tertiary/aromatic N) is 3. The molecule has 152 valence electrons. The van der Waals surface area contributed by atoms with Crippen LogP contribution in [0.3, 0.4) is 0 Å². The third-order valence-electron chi connectivity index (χ3n) is 3.93. The van der Waals surface area contributed by atoms with Crippen LogP contribution >= 0.6 is 35.0 Å². The minimum absolute atomic E-state index is 0.0399. The number of thioether (sulfide) groups is 1. The lowest BCUT2D eigenvalue weighted by atomic mass is 10.1. The van der Waals surface area contributed by atoms with E-state index < -0.39 is 5.82 Å². The highest BCUT2D eigenvalue weighted by Gasteiger charge is 2.17. The van der Waals surface area contributed by atoms with Crippen LogP contribution in [0.15, 0.2) is 39.5 Å². The second-order valence-electron chi connectivity index (χ2n) is 5.68. The van der Waals surface area contributed by atoms with Gasteiger partial charge in [0.25, 0.3) is 0 Å². The maximum absolute atomic E-state index is 13.7. The first-order valence-corrected chi connectivity index (χ1v) is 9.97. The summed E-state index contributed by atoms with van der Waals surface area (Å²) < 4.78 is 29.7. The SMILES string of the molecule is COc1cc(/C=N\C2=NN=C(c3cc(F)c(Cl)cc3Cl)CS2)cc(OC)c1OC. The highest BCUT2D eigenvalue weighted by Crippen LogP contribution is 2.37. The summed E-state index contributed by atoms with van der Waals surface area (Å²) in [6.45, 7) is 0. The monoisotopic (exact) mass is 455 g/mol. The van der Waals surface area contributed by atoms with Gasteiger partial charge in [-0.25, -0.2) is 9.38 Å². The van der Waals surface area contributed by atoms with Crippen molar-refractivity contribution in [2.24, 2.45) is 15.2 Å². The molecule has 29 heavy (non-hydrogen) atoms. The number of benzene rings is 2. The van der Waals surface area contributed by atoms with Crippen molar-refractivity contribution in [1.82, 2.24) is 0 Å². The average molecular weight is 456 g/mol. The van der Waals surface area contributed by atoms with Gasteiger partial charge in [-0.1, -0.05) is 35.0 Å². The lowest BCUT2D eigenvalue weighted by Gasteiger charge is -2.13. The van der Waals surface area contributed by atoms with Gasteiger partial charge in [-0.15, -0.1) is 5.10 Å². The number of amidine groups is 1. The summed E-state index contributed by atoms with van der Waals surface area (Å²) in [5.41, 5.74) is 1.74. The Morgan fingerprint density at radius 1 is 1.00 bits per heavy atom. The molecule has 0 bridgehead atoms. The molecule has 0 aromatic heterocycles. The summed E-state index contributed by atoms with van der Waals surface area (Å²) in [5, 5.41) is 8.94. The maximum Gasteiger partial charge on any atom is 0.209 e. The summed E-state index contributed by atoms with van der Waals surface area (Å²) in [6.07, 6.45) is 1.62. The van der Waals surface area contributed by atoms with E-state index in [0.717, 1.165) is 5.56 Å². The van der Waals surface area contributed by atoms with E-state index in [4.69, 9.17) is 37.4 Å². The summed E-state index contributed by atoms with van der Waals surface area (Å²) in [4.78, 5) is 4.34. The standard InChI is InChI=1S/C19H16Cl2FN3O3S/c1-26-16-4-10(5-17(27-2)18(16)28-3)8-23-19-25-24-15(9-29-19)11-6-14(22)13(21)7-12(11)20/h4-8H,9H2,1-3H3/b23-8-. The van der Waals surface area contributed by atoms with Crippen molar-refractivity contribution in [3.63, 3.8) is 0 Å². The van der Waals surface area contributed by atoms with Crippen LogP contribution in [-0.2, 0) is 0 Å². The number of ether oxygens (including phenoxy) is 3. The minimum atomic E-state index is -0.561. The van der Waals surface area contributed by atoms with Gasteiger partial charge >= 0.3 is 0 Å².